The lowest BCUT2D eigenvalue weighted by Crippen LogP contribution is -2.06. The van der Waals surface area contributed by atoms with E-state index in [-0.39, 0.29) is 5.69 Å². The van der Waals surface area contributed by atoms with Crippen molar-refractivity contribution in [2.45, 2.75) is 19.9 Å². The highest BCUT2D eigenvalue weighted by Gasteiger charge is 2.13. The minimum Gasteiger partial charge on any atom is -0.360 e. The summed E-state index contributed by atoms with van der Waals surface area (Å²) in [6.45, 7) is 2.61. The molecule has 0 saturated carbocycles. The Morgan fingerprint density at radius 1 is 1.21 bits per heavy atom. The lowest BCUT2D eigenvalue weighted by Gasteiger charge is -2.09. The van der Waals surface area contributed by atoms with Crippen LogP contribution in [0.5, 0.6) is 0 Å². The molecule has 98 valence electrons. The average molecular weight is 257 g/mol. The van der Waals surface area contributed by atoms with Gasteiger partial charge in [0.05, 0.1) is 4.92 Å². The molecule has 2 rings (SSSR count). The van der Waals surface area contributed by atoms with E-state index < -0.39 is 4.92 Å². The number of anilines is 1. The molecule has 1 heterocycles. The van der Waals surface area contributed by atoms with Crippen LogP contribution in [0.4, 0.5) is 11.5 Å². The van der Waals surface area contributed by atoms with Crippen molar-refractivity contribution in [3.05, 3.63) is 63.8 Å². The van der Waals surface area contributed by atoms with Crippen molar-refractivity contribution >= 4 is 11.5 Å². The van der Waals surface area contributed by atoms with Gasteiger partial charge in [0.15, 0.2) is 0 Å². The van der Waals surface area contributed by atoms with Gasteiger partial charge in [0.1, 0.15) is 0 Å². The van der Waals surface area contributed by atoms with Crippen LogP contribution in [0.3, 0.4) is 0 Å². The first-order chi connectivity index (χ1) is 9.22. The Morgan fingerprint density at radius 2 is 1.95 bits per heavy atom. The van der Waals surface area contributed by atoms with Gasteiger partial charge in [-0.1, -0.05) is 31.2 Å². The molecule has 0 radical (unpaired) electrons. The quantitative estimate of drug-likeness (QED) is 0.660. The molecule has 1 aromatic carbocycles. The molecule has 0 unspecified atom stereocenters. The van der Waals surface area contributed by atoms with Crippen LogP contribution < -0.4 is 5.32 Å². The zero-order valence-corrected chi connectivity index (χ0v) is 10.7. The predicted molar refractivity (Wildman–Crippen MR) is 74.0 cm³/mol. The fourth-order valence-electron chi connectivity index (χ4n) is 1.93. The summed E-state index contributed by atoms with van der Waals surface area (Å²) in [6.07, 6.45) is 2.48. The molecule has 0 amide bonds. The zero-order chi connectivity index (χ0) is 13.7. The number of benzene rings is 1. The van der Waals surface area contributed by atoms with Crippen LogP contribution in [0.15, 0.2) is 42.6 Å². The normalized spacial score (nSPS) is 10.2. The summed E-state index contributed by atoms with van der Waals surface area (Å²) >= 11 is 0. The van der Waals surface area contributed by atoms with Gasteiger partial charge in [0, 0.05) is 18.8 Å². The van der Waals surface area contributed by atoms with Gasteiger partial charge < -0.3 is 5.32 Å². The number of nitro groups is 1. The van der Waals surface area contributed by atoms with Crippen molar-refractivity contribution in [1.29, 1.82) is 0 Å². The lowest BCUT2D eigenvalue weighted by atomic mass is 10.1. The summed E-state index contributed by atoms with van der Waals surface area (Å²) in [5.41, 5.74) is 2.36. The summed E-state index contributed by atoms with van der Waals surface area (Å²) in [5.74, 6) is 0.304. The van der Waals surface area contributed by atoms with Crippen LogP contribution in [-0.2, 0) is 13.0 Å². The summed E-state index contributed by atoms with van der Waals surface area (Å²) in [4.78, 5) is 14.5. The van der Waals surface area contributed by atoms with Crippen molar-refractivity contribution < 1.29 is 4.92 Å². The Labute approximate surface area is 111 Å². The van der Waals surface area contributed by atoms with E-state index in [9.17, 15) is 10.1 Å². The second-order valence-corrected chi connectivity index (χ2v) is 4.10. The van der Waals surface area contributed by atoms with E-state index in [0.29, 0.717) is 12.4 Å². The zero-order valence-electron chi connectivity index (χ0n) is 10.7. The molecule has 0 saturated heterocycles. The second-order valence-electron chi connectivity index (χ2n) is 4.10. The summed E-state index contributed by atoms with van der Waals surface area (Å²) in [5, 5.41) is 13.9. The average Bonchev–Trinajstić information content (AvgIpc) is 2.45. The number of nitrogens with one attached hydrogen (secondary N) is 1. The molecule has 5 heteroatoms. The molecule has 0 fully saturated rings. The van der Waals surface area contributed by atoms with Gasteiger partial charge in [-0.15, -0.1) is 0 Å². The minimum atomic E-state index is -0.430. The monoisotopic (exact) mass is 257 g/mol. The molecule has 1 N–H and O–H groups in total. The van der Waals surface area contributed by atoms with Gasteiger partial charge in [0.2, 0.25) is 5.82 Å². The molecule has 0 aliphatic heterocycles. The summed E-state index contributed by atoms with van der Waals surface area (Å²) < 4.78 is 0. The summed E-state index contributed by atoms with van der Waals surface area (Å²) in [7, 11) is 0. The fraction of sp³-hybridized carbons (Fsp3) is 0.214. The van der Waals surface area contributed by atoms with Crippen LogP contribution in [0.1, 0.15) is 18.1 Å². The number of aryl methyl sites for hydroxylation is 1. The van der Waals surface area contributed by atoms with Crippen LogP contribution in [0.2, 0.25) is 0 Å². The highest BCUT2D eigenvalue weighted by molar-refractivity contribution is 5.55. The fourth-order valence-corrected chi connectivity index (χ4v) is 1.93. The number of pyridine rings is 1. The van der Waals surface area contributed by atoms with Crippen LogP contribution in [0, 0.1) is 10.1 Å². The van der Waals surface area contributed by atoms with Crippen molar-refractivity contribution in [1.82, 2.24) is 4.98 Å². The lowest BCUT2D eigenvalue weighted by molar-refractivity contribution is -0.384. The van der Waals surface area contributed by atoms with Gasteiger partial charge in [0.25, 0.3) is 0 Å². The Bertz CT molecular complexity index is 584. The maximum atomic E-state index is 10.9. The first kappa shape index (κ1) is 13.0. The van der Waals surface area contributed by atoms with Crippen LogP contribution in [0.25, 0.3) is 0 Å². The number of rotatable bonds is 5. The van der Waals surface area contributed by atoms with Gasteiger partial charge in [-0.25, -0.2) is 4.98 Å². The smallest absolute Gasteiger partial charge is 0.311 e. The van der Waals surface area contributed by atoms with Gasteiger partial charge in [-0.2, -0.15) is 0 Å². The molecule has 5 nitrogen and oxygen atoms in total. The maximum Gasteiger partial charge on any atom is 0.311 e. The van der Waals surface area contributed by atoms with E-state index in [1.807, 2.05) is 18.2 Å². The molecule has 0 bridgehead atoms. The van der Waals surface area contributed by atoms with Gasteiger partial charge in [-0.05, 0) is 23.6 Å². The van der Waals surface area contributed by atoms with E-state index in [4.69, 9.17) is 0 Å². The first-order valence-corrected chi connectivity index (χ1v) is 6.12. The second kappa shape index (κ2) is 5.95. The number of aromatic nitrogens is 1. The highest BCUT2D eigenvalue weighted by atomic mass is 16.6. The van der Waals surface area contributed by atoms with Crippen LogP contribution in [-0.4, -0.2) is 9.91 Å². The van der Waals surface area contributed by atoms with Gasteiger partial charge in [-0.3, -0.25) is 10.1 Å². The Hall–Kier alpha value is -2.43. The number of hydrogen-bond acceptors (Lipinski definition) is 4. The van der Waals surface area contributed by atoms with Gasteiger partial charge >= 0.3 is 5.69 Å². The van der Waals surface area contributed by atoms with Crippen LogP contribution >= 0.6 is 0 Å². The molecule has 2 aromatic rings. The Kier molecular flexibility index (Phi) is 4.07. The molecular weight excluding hydrogens is 242 g/mol. The van der Waals surface area contributed by atoms with E-state index in [0.717, 1.165) is 12.0 Å². The third kappa shape index (κ3) is 3.07. The standard InChI is InChI=1S/C14H15N3O2/c1-2-11-6-3-4-7-12(11)10-16-14-13(17(18)19)8-5-9-15-14/h3-9H,2,10H2,1H3,(H,15,16). The molecule has 0 spiro atoms. The predicted octanol–water partition coefficient (Wildman–Crippen LogP) is 3.16. The third-order valence-electron chi connectivity index (χ3n) is 2.93. The molecule has 0 atom stereocenters. The van der Waals surface area contributed by atoms with Crippen molar-refractivity contribution in [2.24, 2.45) is 0 Å². The molecule has 19 heavy (non-hydrogen) atoms. The minimum absolute atomic E-state index is 0.00326. The molecule has 0 aliphatic carbocycles. The molecular formula is C14H15N3O2. The Balaban J connectivity index is 2.17. The molecule has 0 aliphatic rings. The SMILES string of the molecule is CCc1ccccc1CNc1ncccc1[N+](=O)[O-]. The van der Waals surface area contributed by atoms with E-state index in [1.165, 1.54) is 11.6 Å². The number of nitrogens with zero attached hydrogens (tertiary/aromatic N) is 2. The highest BCUT2D eigenvalue weighted by Crippen LogP contribution is 2.21. The van der Waals surface area contributed by atoms with E-state index >= 15 is 0 Å². The first-order valence-electron chi connectivity index (χ1n) is 6.12. The third-order valence-corrected chi connectivity index (χ3v) is 2.93. The largest absolute Gasteiger partial charge is 0.360 e. The topological polar surface area (TPSA) is 68.1 Å². The summed E-state index contributed by atoms with van der Waals surface area (Å²) in [6, 6.07) is 11.0. The molecule has 1 aromatic heterocycles. The van der Waals surface area contributed by atoms with Crippen molar-refractivity contribution in [2.75, 3.05) is 5.32 Å². The number of hydrogen-bond donors (Lipinski definition) is 1. The van der Waals surface area contributed by atoms with E-state index in [1.54, 1.807) is 12.3 Å². The Morgan fingerprint density at radius 3 is 2.63 bits per heavy atom. The van der Waals surface area contributed by atoms with Crippen molar-refractivity contribution in [3.8, 4) is 0 Å². The van der Waals surface area contributed by atoms with Crippen molar-refractivity contribution in [3.63, 3.8) is 0 Å². The van der Waals surface area contributed by atoms with E-state index in [2.05, 4.69) is 23.3 Å². The maximum absolute atomic E-state index is 10.9.